The van der Waals surface area contributed by atoms with Crippen LogP contribution >= 0.6 is 0 Å². The fourth-order valence-electron chi connectivity index (χ4n) is 4.97. The second kappa shape index (κ2) is 15.1. The molecule has 1 aromatic carbocycles. The van der Waals surface area contributed by atoms with Crippen molar-refractivity contribution in [3.05, 3.63) is 35.4 Å². The molecule has 0 radical (unpaired) electrons. The van der Waals surface area contributed by atoms with Gasteiger partial charge >= 0.3 is 6.09 Å². The Morgan fingerprint density at radius 1 is 1.03 bits per heavy atom. The molecular weight excluding hydrogens is 478 g/mol. The van der Waals surface area contributed by atoms with E-state index >= 15 is 0 Å². The van der Waals surface area contributed by atoms with Gasteiger partial charge in [0.2, 0.25) is 11.8 Å². The molecule has 0 spiro atoms. The van der Waals surface area contributed by atoms with Crippen LogP contribution in [0.1, 0.15) is 117 Å². The highest BCUT2D eigenvalue weighted by Crippen LogP contribution is 2.27. The van der Waals surface area contributed by atoms with Gasteiger partial charge in [-0.1, -0.05) is 77.6 Å². The average molecular weight is 530 g/mol. The molecule has 0 heterocycles. The smallest absolute Gasteiger partial charge is 0.408 e. The van der Waals surface area contributed by atoms with Crippen molar-refractivity contribution in [1.29, 1.82) is 0 Å². The minimum absolute atomic E-state index is 0.128. The van der Waals surface area contributed by atoms with E-state index in [0.29, 0.717) is 13.0 Å². The summed E-state index contributed by atoms with van der Waals surface area (Å²) in [6.45, 7) is 14.0. The van der Waals surface area contributed by atoms with Crippen LogP contribution in [0, 0.1) is 5.92 Å². The zero-order valence-electron chi connectivity index (χ0n) is 24.8. The van der Waals surface area contributed by atoms with Crippen molar-refractivity contribution >= 4 is 17.9 Å². The number of benzene rings is 1. The molecule has 2 rings (SSSR count). The lowest BCUT2D eigenvalue weighted by Crippen LogP contribution is -2.54. The summed E-state index contributed by atoms with van der Waals surface area (Å²) >= 11 is 0. The van der Waals surface area contributed by atoms with Crippen LogP contribution in [0.15, 0.2) is 24.3 Å². The van der Waals surface area contributed by atoms with Gasteiger partial charge in [0.1, 0.15) is 17.7 Å². The maximum absolute atomic E-state index is 14.2. The number of aryl methyl sites for hydroxylation is 1. The van der Waals surface area contributed by atoms with Gasteiger partial charge in [0.15, 0.2) is 0 Å². The molecule has 214 valence electrons. The van der Waals surface area contributed by atoms with Gasteiger partial charge in [0, 0.05) is 12.6 Å². The predicted molar refractivity (Wildman–Crippen MR) is 153 cm³/mol. The SMILES string of the molecule is CCCCN(C(=O)C(CC(C)C)NC(=O)OC(C)(C)C)C(C(=O)NC1CCCCC1)c1ccc(CC)cc1. The lowest BCUT2D eigenvalue weighted by atomic mass is 9.94. The number of hydrogen-bond acceptors (Lipinski definition) is 4. The highest BCUT2D eigenvalue weighted by atomic mass is 16.6. The highest BCUT2D eigenvalue weighted by Gasteiger charge is 2.37. The topological polar surface area (TPSA) is 87.7 Å². The number of unbranched alkanes of at least 4 members (excludes halogenated alkanes) is 1. The van der Waals surface area contributed by atoms with Gasteiger partial charge in [0.05, 0.1) is 0 Å². The Morgan fingerprint density at radius 2 is 1.66 bits per heavy atom. The van der Waals surface area contributed by atoms with E-state index in [-0.39, 0.29) is 23.8 Å². The molecule has 2 N–H and O–H groups in total. The Morgan fingerprint density at radius 3 is 2.18 bits per heavy atom. The molecule has 7 heteroatoms. The number of ether oxygens (including phenoxy) is 1. The molecule has 1 fully saturated rings. The molecule has 7 nitrogen and oxygen atoms in total. The van der Waals surface area contributed by atoms with Crippen LogP contribution < -0.4 is 10.6 Å². The summed E-state index contributed by atoms with van der Waals surface area (Å²) in [5.41, 5.74) is 1.29. The third kappa shape index (κ3) is 10.3. The van der Waals surface area contributed by atoms with Crippen LogP contribution in [0.25, 0.3) is 0 Å². The van der Waals surface area contributed by atoms with Crippen LogP contribution in [0.4, 0.5) is 4.79 Å². The summed E-state index contributed by atoms with van der Waals surface area (Å²) in [5, 5.41) is 6.09. The number of carbonyl (C=O) groups excluding carboxylic acids is 3. The van der Waals surface area contributed by atoms with E-state index < -0.39 is 23.8 Å². The summed E-state index contributed by atoms with van der Waals surface area (Å²) in [6.07, 6.45) is 7.70. The number of rotatable bonds is 12. The second-order valence-corrected chi connectivity index (χ2v) is 12.1. The summed E-state index contributed by atoms with van der Waals surface area (Å²) in [7, 11) is 0. The monoisotopic (exact) mass is 529 g/mol. The Hall–Kier alpha value is -2.57. The number of alkyl carbamates (subject to hydrolysis) is 1. The van der Waals surface area contributed by atoms with Crippen molar-refractivity contribution in [1.82, 2.24) is 15.5 Å². The summed E-state index contributed by atoms with van der Waals surface area (Å²) in [5.74, 6) is -0.238. The van der Waals surface area contributed by atoms with Crippen LogP contribution in [-0.4, -0.2) is 47.0 Å². The fourth-order valence-corrected chi connectivity index (χ4v) is 4.97. The van der Waals surface area contributed by atoms with Crippen LogP contribution in [0.5, 0.6) is 0 Å². The first-order valence-electron chi connectivity index (χ1n) is 14.6. The van der Waals surface area contributed by atoms with Gasteiger partial charge in [-0.3, -0.25) is 9.59 Å². The summed E-state index contributed by atoms with van der Waals surface area (Å²) in [6, 6.07) is 6.57. The fraction of sp³-hybridized carbons (Fsp3) is 0.710. The van der Waals surface area contributed by atoms with Gasteiger partial charge in [0.25, 0.3) is 0 Å². The third-order valence-corrected chi connectivity index (χ3v) is 6.95. The third-order valence-electron chi connectivity index (χ3n) is 6.95. The normalized spacial score (nSPS) is 16.0. The minimum atomic E-state index is -0.790. The largest absolute Gasteiger partial charge is 0.444 e. The molecule has 1 aliphatic carbocycles. The molecule has 38 heavy (non-hydrogen) atoms. The van der Waals surface area contributed by atoms with Crippen LogP contribution in [0.2, 0.25) is 0 Å². The first kappa shape index (κ1) is 31.6. The zero-order chi connectivity index (χ0) is 28.3. The molecule has 1 saturated carbocycles. The minimum Gasteiger partial charge on any atom is -0.444 e. The van der Waals surface area contributed by atoms with Crippen LogP contribution in [-0.2, 0) is 20.7 Å². The van der Waals surface area contributed by atoms with E-state index in [2.05, 4.69) is 24.5 Å². The van der Waals surface area contributed by atoms with E-state index in [9.17, 15) is 14.4 Å². The van der Waals surface area contributed by atoms with E-state index in [1.807, 2.05) is 38.1 Å². The lowest BCUT2D eigenvalue weighted by Gasteiger charge is -2.36. The summed E-state index contributed by atoms with van der Waals surface area (Å²) < 4.78 is 5.48. The standard InChI is InChI=1S/C31H51N3O4/c1-8-10-20-34(29(36)26(21-22(3)4)33-30(37)38-31(5,6)7)27(24-18-16-23(9-2)17-19-24)28(35)32-25-14-12-11-13-15-25/h16-19,22,25-27H,8-15,20-21H2,1-7H3,(H,32,35)(H,33,37). The Bertz CT molecular complexity index is 885. The molecule has 1 aromatic rings. The second-order valence-electron chi connectivity index (χ2n) is 12.1. The average Bonchev–Trinajstić information content (AvgIpc) is 2.85. The number of amides is 3. The lowest BCUT2D eigenvalue weighted by molar-refractivity contribution is -0.143. The molecular formula is C31H51N3O4. The van der Waals surface area contributed by atoms with E-state index in [4.69, 9.17) is 4.74 Å². The van der Waals surface area contributed by atoms with E-state index in [1.54, 1.807) is 25.7 Å². The van der Waals surface area contributed by atoms with Crippen molar-refractivity contribution in [2.75, 3.05) is 6.54 Å². The molecule has 0 saturated heterocycles. The Kier molecular flexibility index (Phi) is 12.6. The Balaban J connectivity index is 2.45. The number of hydrogen-bond donors (Lipinski definition) is 2. The number of nitrogens with zero attached hydrogens (tertiary/aromatic N) is 1. The van der Waals surface area contributed by atoms with Crippen LogP contribution in [0.3, 0.4) is 0 Å². The molecule has 2 unspecified atom stereocenters. The number of carbonyl (C=O) groups is 3. The first-order valence-corrected chi connectivity index (χ1v) is 14.6. The molecule has 0 aliphatic heterocycles. The first-order chi connectivity index (χ1) is 17.9. The van der Waals surface area contributed by atoms with Crippen molar-refractivity contribution in [2.24, 2.45) is 5.92 Å². The maximum Gasteiger partial charge on any atom is 0.408 e. The zero-order valence-corrected chi connectivity index (χ0v) is 24.8. The van der Waals surface area contributed by atoms with E-state index in [0.717, 1.165) is 50.5 Å². The summed E-state index contributed by atoms with van der Waals surface area (Å²) in [4.78, 5) is 42.5. The van der Waals surface area contributed by atoms with Gasteiger partial charge in [-0.2, -0.15) is 0 Å². The van der Waals surface area contributed by atoms with Crippen molar-refractivity contribution in [2.45, 2.75) is 130 Å². The molecule has 3 amide bonds. The Labute approximate surface area is 230 Å². The molecule has 2 atom stereocenters. The maximum atomic E-state index is 14.2. The van der Waals surface area contributed by atoms with Gasteiger partial charge in [-0.15, -0.1) is 0 Å². The van der Waals surface area contributed by atoms with Gasteiger partial charge in [-0.05, 0) is 69.9 Å². The number of nitrogens with one attached hydrogen (secondary N) is 2. The van der Waals surface area contributed by atoms with Gasteiger partial charge in [-0.25, -0.2) is 4.79 Å². The van der Waals surface area contributed by atoms with Crippen molar-refractivity contribution in [3.63, 3.8) is 0 Å². The molecule has 1 aliphatic rings. The quantitative estimate of drug-likeness (QED) is 0.332. The van der Waals surface area contributed by atoms with Crippen molar-refractivity contribution < 1.29 is 19.1 Å². The van der Waals surface area contributed by atoms with Gasteiger partial charge < -0.3 is 20.3 Å². The molecule has 0 aromatic heterocycles. The highest BCUT2D eigenvalue weighted by molar-refractivity contribution is 5.92. The van der Waals surface area contributed by atoms with Crippen molar-refractivity contribution in [3.8, 4) is 0 Å². The molecule has 0 bridgehead atoms. The van der Waals surface area contributed by atoms with E-state index in [1.165, 1.54) is 12.0 Å². The predicted octanol–water partition coefficient (Wildman–Crippen LogP) is 6.31.